The summed E-state index contributed by atoms with van der Waals surface area (Å²) in [6.45, 7) is 1.55. The van der Waals surface area contributed by atoms with Crippen molar-refractivity contribution < 1.29 is 23.8 Å². The molecule has 136 valence electrons. The largest absolute Gasteiger partial charge is 0.508 e. The van der Waals surface area contributed by atoms with Gasteiger partial charge in [-0.25, -0.2) is 9.18 Å². The van der Waals surface area contributed by atoms with E-state index in [2.05, 4.69) is 0 Å². The molecule has 2 aromatic rings. The molecule has 1 N–H and O–H groups in total. The number of nitrogens with zero attached hydrogens (tertiary/aromatic N) is 2. The lowest BCUT2D eigenvalue weighted by molar-refractivity contribution is -0.134. The van der Waals surface area contributed by atoms with Crippen molar-refractivity contribution in [2.45, 2.75) is 0 Å². The van der Waals surface area contributed by atoms with Gasteiger partial charge in [-0.3, -0.25) is 4.79 Å². The van der Waals surface area contributed by atoms with Gasteiger partial charge in [0.1, 0.15) is 11.6 Å². The smallest absolute Gasteiger partial charge is 0.338 e. The third-order valence-electron chi connectivity index (χ3n) is 4.26. The monoisotopic (exact) mass is 358 g/mol. The Morgan fingerprint density at radius 2 is 1.65 bits per heavy atom. The molecule has 0 saturated carbocycles. The van der Waals surface area contributed by atoms with Gasteiger partial charge in [-0.1, -0.05) is 12.1 Å². The third-order valence-corrected chi connectivity index (χ3v) is 4.26. The van der Waals surface area contributed by atoms with E-state index in [1.807, 2.05) is 4.90 Å². The summed E-state index contributed by atoms with van der Waals surface area (Å²) in [7, 11) is 0. The van der Waals surface area contributed by atoms with Gasteiger partial charge in [0, 0.05) is 26.2 Å². The van der Waals surface area contributed by atoms with E-state index in [1.54, 1.807) is 23.1 Å². The van der Waals surface area contributed by atoms with Crippen molar-refractivity contribution in [3.8, 4) is 5.75 Å². The Labute approximate surface area is 150 Å². The SMILES string of the molecule is O=C(OCC(=O)N1CCN(c2ccccc2F)CC1)c1ccc(O)cc1. The third kappa shape index (κ3) is 4.11. The Morgan fingerprint density at radius 1 is 1.00 bits per heavy atom. The summed E-state index contributed by atoms with van der Waals surface area (Å²) >= 11 is 0. The van der Waals surface area contributed by atoms with Crippen LogP contribution >= 0.6 is 0 Å². The van der Waals surface area contributed by atoms with E-state index in [1.165, 1.54) is 30.3 Å². The highest BCUT2D eigenvalue weighted by Gasteiger charge is 2.23. The topological polar surface area (TPSA) is 70.1 Å². The van der Waals surface area contributed by atoms with Gasteiger partial charge < -0.3 is 19.6 Å². The number of para-hydroxylation sites is 1. The van der Waals surface area contributed by atoms with E-state index in [4.69, 9.17) is 4.74 Å². The van der Waals surface area contributed by atoms with E-state index in [9.17, 15) is 19.1 Å². The number of aromatic hydroxyl groups is 1. The molecule has 0 aliphatic carbocycles. The van der Waals surface area contributed by atoms with Crippen LogP contribution in [0.5, 0.6) is 5.75 Å². The van der Waals surface area contributed by atoms with Gasteiger partial charge in [0.15, 0.2) is 6.61 Å². The maximum Gasteiger partial charge on any atom is 0.338 e. The number of esters is 1. The highest BCUT2D eigenvalue weighted by Crippen LogP contribution is 2.20. The highest BCUT2D eigenvalue weighted by molar-refractivity contribution is 5.91. The number of hydrogen-bond acceptors (Lipinski definition) is 5. The van der Waals surface area contributed by atoms with Crippen LogP contribution in [0, 0.1) is 5.82 Å². The summed E-state index contributed by atoms with van der Waals surface area (Å²) in [6, 6.07) is 12.1. The zero-order chi connectivity index (χ0) is 18.5. The Kier molecular flexibility index (Phi) is 5.36. The maximum atomic E-state index is 13.8. The van der Waals surface area contributed by atoms with Crippen molar-refractivity contribution >= 4 is 17.6 Å². The minimum atomic E-state index is -0.622. The minimum Gasteiger partial charge on any atom is -0.508 e. The van der Waals surface area contributed by atoms with Crippen LogP contribution in [-0.2, 0) is 9.53 Å². The number of amides is 1. The van der Waals surface area contributed by atoms with Crippen LogP contribution < -0.4 is 4.90 Å². The number of rotatable bonds is 4. The molecule has 1 aliphatic rings. The van der Waals surface area contributed by atoms with Crippen molar-refractivity contribution in [2.75, 3.05) is 37.7 Å². The Bertz CT molecular complexity index is 786. The van der Waals surface area contributed by atoms with Gasteiger partial charge in [-0.15, -0.1) is 0 Å². The Hall–Kier alpha value is -3.09. The fraction of sp³-hybridized carbons (Fsp3) is 0.263. The second-order valence-corrected chi connectivity index (χ2v) is 5.94. The van der Waals surface area contributed by atoms with Crippen LogP contribution in [-0.4, -0.2) is 54.7 Å². The van der Waals surface area contributed by atoms with E-state index < -0.39 is 5.97 Å². The first-order valence-electron chi connectivity index (χ1n) is 8.28. The van der Waals surface area contributed by atoms with E-state index in [0.29, 0.717) is 31.9 Å². The van der Waals surface area contributed by atoms with E-state index in [-0.39, 0.29) is 29.6 Å². The fourth-order valence-electron chi connectivity index (χ4n) is 2.80. The Morgan fingerprint density at radius 3 is 2.31 bits per heavy atom. The molecule has 2 aromatic carbocycles. The first kappa shape index (κ1) is 17.7. The average molecular weight is 358 g/mol. The van der Waals surface area contributed by atoms with Crippen molar-refractivity contribution in [1.82, 2.24) is 4.90 Å². The lowest BCUT2D eigenvalue weighted by Crippen LogP contribution is -2.50. The number of carbonyl (C=O) groups excluding carboxylic acids is 2. The zero-order valence-corrected chi connectivity index (χ0v) is 14.1. The molecule has 1 heterocycles. The van der Waals surface area contributed by atoms with Gasteiger partial charge in [0.2, 0.25) is 0 Å². The summed E-state index contributed by atoms with van der Waals surface area (Å²) in [5.74, 6) is -1.14. The molecule has 0 spiro atoms. The van der Waals surface area contributed by atoms with Crippen LogP contribution in [0.2, 0.25) is 0 Å². The molecule has 3 rings (SSSR count). The summed E-state index contributed by atoms with van der Waals surface area (Å²) in [6.07, 6.45) is 0. The van der Waals surface area contributed by atoms with Crippen LogP contribution in [0.4, 0.5) is 10.1 Å². The van der Waals surface area contributed by atoms with Gasteiger partial charge in [-0.2, -0.15) is 0 Å². The number of hydrogen-bond donors (Lipinski definition) is 1. The number of ether oxygens (including phenoxy) is 1. The minimum absolute atomic E-state index is 0.0466. The number of piperazine rings is 1. The lowest BCUT2D eigenvalue weighted by Gasteiger charge is -2.36. The standard InChI is InChI=1S/C19H19FN2O4/c20-16-3-1-2-4-17(16)21-9-11-22(12-10-21)18(24)13-26-19(25)14-5-7-15(23)8-6-14/h1-8,23H,9-13H2. The summed E-state index contributed by atoms with van der Waals surface area (Å²) in [5.41, 5.74) is 0.790. The molecular weight excluding hydrogens is 339 g/mol. The molecule has 26 heavy (non-hydrogen) atoms. The molecule has 1 aliphatic heterocycles. The molecule has 1 fully saturated rings. The summed E-state index contributed by atoms with van der Waals surface area (Å²) in [5, 5.41) is 9.21. The van der Waals surface area contributed by atoms with Crippen LogP contribution in [0.3, 0.4) is 0 Å². The van der Waals surface area contributed by atoms with Crippen molar-refractivity contribution in [1.29, 1.82) is 0 Å². The summed E-state index contributed by atoms with van der Waals surface area (Å²) < 4.78 is 18.9. The molecule has 0 unspecified atom stereocenters. The molecule has 0 radical (unpaired) electrons. The van der Waals surface area contributed by atoms with Crippen molar-refractivity contribution in [3.05, 3.63) is 59.9 Å². The number of carbonyl (C=O) groups is 2. The molecule has 0 bridgehead atoms. The van der Waals surface area contributed by atoms with E-state index in [0.717, 1.165) is 0 Å². The molecule has 0 aromatic heterocycles. The van der Waals surface area contributed by atoms with Gasteiger partial charge in [-0.05, 0) is 36.4 Å². The van der Waals surface area contributed by atoms with Crippen LogP contribution in [0.25, 0.3) is 0 Å². The molecule has 1 saturated heterocycles. The lowest BCUT2D eigenvalue weighted by atomic mass is 10.2. The van der Waals surface area contributed by atoms with Crippen molar-refractivity contribution in [3.63, 3.8) is 0 Å². The maximum absolute atomic E-state index is 13.8. The molecule has 0 atom stereocenters. The molecule has 7 heteroatoms. The fourth-order valence-corrected chi connectivity index (χ4v) is 2.80. The average Bonchev–Trinajstić information content (AvgIpc) is 2.67. The predicted octanol–water partition coefficient (Wildman–Crippen LogP) is 2.04. The predicted molar refractivity (Wildman–Crippen MR) is 93.6 cm³/mol. The van der Waals surface area contributed by atoms with Gasteiger partial charge >= 0.3 is 5.97 Å². The molecule has 1 amide bonds. The van der Waals surface area contributed by atoms with Crippen LogP contribution in [0.1, 0.15) is 10.4 Å². The molecule has 6 nitrogen and oxygen atoms in total. The molecular formula is C19H19FN2O4. The number of phenols is 1. The van der Waals surface area contributed by atoms with Crippen molar-refractivity contribution in [2.24, 2.45) is 0 Å². The zero-order valence-electron chi connectivity index (χ0n) is 14.1. The van der Waals surface area contributed by atoms with Gasteiger partial charge in [0.25, 0.3) is 5.91 Å². The van der Waals surface area contributed by atoms with Crippen LogP contribution in [0.15, 0.2) is 48.5 Å². The second kappa shape index (κ2) is 7.86. The normalized spacial score (nSPS) is 14.2. The number of halogens is 1. The highest BCUT2D eigenvalue weighted by atomic mass is 19.1. The number of anilines is 1. The van der Waals surface area contributed by atoms with Gasteiger partial charge in [0.05, 0.1) is 11.3 Å². The number of benzene rings is 2. The Balaban J connectivity index is 1.48. The quantitative estimate of drug-likeness (QED) is 0.847. The summed E-state index contributed by atoms with van der Waals surface area (Å²) in [4.78, 5) is 27.6. The number of phenolic OH excluding ortho intramolecular Hbond substituents is 1. The van der Waals surface area contributed by atoms with E-state index >= 15 is 0 Å². The second-order valence-electron chi connectivity index (χ2n) is 5.94. The first-order chi connectivity index (χ1) is 12.5. The first-order valence-corrected chi connectivity index (χ1v) is 8.28.